The van der Waals surface area contributed by atoms with Crippen LogP contribution in [0.1, 0.15) is 0 Å². The Balaban J connectivity index is 2.46. The van der Waals surface area contributed by atoms with Gasteiger partial charge in [0.25, 0.3) is 0 Å². The average Bonchev–Trinajstić information content (AvgIpc) is 1.72. The van der Waals surface area contributed by atoms with Gasteiger partial charge in [-0.25, -0.2) is 0 Å². The lowest BCUT2D eigenvalue weighted by atomic mass is 10.6. The van der Waals surface area contributed by atoms with Crippen molar-refractivity contribution in [2.75, 3.05) is 0 Å². The molecule has 0 amide bonds. The number of hydrogen-bond donors (Lipinski definition) is 1. The Morgan fingerprint density at radius 2 is 2.50 bits per heavy atom. The molecule has 0 fully saturated rings. The molecule has 0 saturated carbocycles. The van der Waals surface area contributed by atoms with E-state index >= 15 is 0 Å². The number of allylic oxidation sites excluding steroid dienone is 2. The molecule has 0 atom stereocenters. The van der Waals surface area contributed by atoms with Gasteiger partial charge >= 0.3 is 0 Å². The summed E-state index contributed by atoms with van der Waals surface area (Å²) in [6.45, 7) is 0. The van der Waals surface area contributed by atoms with E-state index in [4.69, 9.17) is 0 Å². The van der Waals surface area contributed by atoms with Crippen LogP contribution in [0.25, 0.3) is 0 Å². The van der Waals surface area contributed by atoms with Crippen molar-refractivity contribution in [1.29, 1.82) is 0 Å². The van der Waals surface area contributed by atoms with Gasteiger partial charge in [0.15, 0.2) is 0 Å². The van der Waals surface area contributed by atoms with Crippen LogP contribution in [0.4, 0.5) is 0 Å². The van der Waals surface area contributed by atoms with Gasteiger partial charge in [-0.2, -0.15) is 0 Å². The Bertz CT molecular complexity index is 73.5. The highest BCUT2D eigenvalue weighted by atomic mass is 32.2. The maximum absolute atomic E-state index is 2.85. The van der Waals surface area contributed by atoms with E-state index < -0.39 is 0 Å². The van der Waals surface area contributed by atoms with Crippen LogP contribution >= 0.6 is 11.9 Å². The molecule has 0 aromatic carbocycles. The van der Waals surface area contributed by atoms with Gasteiger partial charge in [-0.1, -0.05) is 0 Å². The van der Waals surface area contributed by atoms with E-state index in [9.17, 15) is 0 Å². The first-order chi connectivity index (χ1) is 3.00. The molecule has 0 spiro atoms. The number of rotatable bonds is 0. The summed E-state index contributed by atoms with van der Waals surface area (Å²) < 4.78 is 2.75. The molecule has 1 heterocycles. The fourth-order valence-corrected chi connectivity index (χ4v) is 0.525. The predicted molar refractivity (Wildman–Crippen MR) is 26.4 cm³/mol. The largest absolute Gasteiger partial charge is 0.324 e. The smallest absolute Gasteiger partial charge is 0.0686 e. The zero-order valence-electron chi connectivity index (χ0n) is 3.06. The first-order valence-electron chi connectivity index (χ1n) is 1.57. The molecule has 1 nitrogen and oxygen atoms in total. The van der Waals surface area contributed by atoms with Crippen LogP contribution in [-0.4, -0.2) is 0 Å². The normalized spacial score (nSPS) is 17.3. The highest BCUT2D eigenvalue weighted by Crippen LogP contribution is 1.96. The molecule has 2 heteroatoms. The van der Waals surface area contributed by atoms with Gasteiger partial charge in [0.1, 0.15) is 0 Å². The molecule has 0 aliphatic carbocycles. The maximum atomic E-state index is 2.85. The first kappa shape index (κ1) is 3.81. The Labute approximate surface area is 41.3 Å². The number of nitrogens with one attached hydrogen (secondary N) is 1. The maximum Gasteiger partial charge on any atom is 0.0686 e. The van der Waals surface area contributed by atoms with Crippen LogP contribution in [0.5, 0.6) is 0 Å². The van der Waals surface area contributed by atoms with Crippen LogP contribution in [0, 0.1) is 11.6 Å². The predicted octanol–water partition coefficient (Wildman–Crippen LogP) is 0.872. The van der Waals surface area contributed by atoms with E-state index in [-0.39, 0.29) is 0 Å². The van der Waals surface area contributed by atoms with Crippen molar-refractivity contribution >= 4 is 11.9 Å². The fourth-order valence-electron chi connectivity index (χ4n) is 0.203. The van der Waals surface area contributed by atoms with Crippen molar-refractivity contribution in [2.24, 2.45) is 0 Å². The average molecular weight is 97.1 g/mol. The summed E-state index contributed by atoms with van der Waals surface area (Å²) in [6.07, 6.45) is 6.34. The van der Waals surface area contributed by atoms with E-state index in [0.717, 1.165) is 0 Å². The lowest BCUT2D eigenvalue weighted by Gasteiger charge is -1.90. The van der Waals surface area contributed by atoms with Crippen molar-refractivity contribution in [2.45, 2.75) is 0 Å². The third kappa shape index (κ3) is 0.792. The van der Waals surface area contributed by atoms with Crippen LogP contribution in [0.3, 0.4) is 0 Å². The van der Waals surface area contributed by atoms with Crippen molar-refractivity contribution in [1.82, 2.24) is 4.72 Å². The zero-order chi connectivity index (χ0) is 4.24. The van der Waals surface area contributed by atoms with Crippen molar-refractivity contribution < 1.29 is 0 Å². The molecule has 1 rings (SSSR count). The van der Waals surface area contributed by atoms with E-state index in [1.54, 1.807) is 12.2 Å². The SMILES string of the molecule is [C]1=CC=[C]SN1. The summed E-state index contributed by atoms with van der Waals surface area (Å²) in [4.78, 5) is 0. The van der Waals surface area contributed by atoms with Gasteiger partial charge in [-0.05, 0) is 24.1 Å². The molecule has 0 unspecified atom stereocenters. The summed E-state index contributed by atoms with van der Waals surface area (Å²) >= 11 is 1.40. The van der Waals surface area contributed by atoms with Crippen LogP contribution in [-0.2, 0) is 0 Å². The molecule has 6 heavy (non-hydrogen) atoms. The second-order valence-electron chi connectivity index (χ2n) is 0.800. The van der Waals surface area contributed by atoms with Gasteiger partial charge in [0.2, 0.25) is 0 Å². The quantitative estimate of drug-likeness (QED) is 0.450. The van der Waals surface area contributed by atoms with Crippen LogP contribution < -0.4 is 4.72 Å². The highest BCUT2D eigenvalue weighted by Gasteiger charge is 1.77. The molecule has 0 aromatic rings. The van der Waals surface area contributed by atoms with Crippen LogP contribution in [0.15, 0.2) is 12.2 Å². The second kappa shape index (κ2) is 1.92. The molecule has 1 N–H and O–H groups in total. The Hall–Kier alpha value is -0.370. The lowest BCUT2D eigenvalue weighted by molar-refractivity contribution is 1.35. The summed E-state index contributed by atoms with van der Waals surface area (Å²) in [5.74, 6) is 0. The minimum Gasteiger partial charge on any atom is -0.324 e. The third-order valence-corrected chi connectivity index (χ3v) is 0.877. The fraction of sp³-hybridized carbons (Fsp3) is 0. The first-order valence-corrected chi connectivity index (χ1v) is 2.39. The lowest BCUT2D eigenvalue weighted by Crippen LogP contribution is -1.90. The minimum absolute atomic E-state index is 1.40. The Morgan fingerprint density at radius 3 is 2.67 bits per heavy atom. The van der Waals surface area contributed by atoms with E-state index in [2.05, 4.69) is 16.3 Å². The van der Waals surface area contributed by atoms with Gasteiger partial charge in [-0.15, -0.1) is 0 Å². The third-order valence-electron chi connectivity index (χ3n) is 0.404. The molecule has 0 bridgehead atoms. The Morgan fingerprint density at radius 1 is 1.50 bits per heavy atom. The van der Waals surface area contributed by atoms with Crippen molar-refractivity contribution in [3.05, 3.63) is 23.8 Å². The summed E-state index contributed by atoms with van der Waals surface area (Å²) in [6, 6.07) is 0. The monoisotopic (exact) mass is 97.0 g/mol. The molecule has 1 aliphatic rings. The molecule has 30 valence electrons. The summed E-state index contributed by atoms with van der Waals surface area (Å²) in [5.41, 5.74) is 0. The molecular weight excluding hydrogens is 94.1 g/mol. The standard InChI is InChI=1S/C4H3NS/c1-2-4-6-5-3-1/h1-2,5H. The van der Waals surface area contributed by atoms with Gasteiger partial charge in [0, 0.05) is 5.41 Å². The molecule has 2 radical (unpaired) electrons. The highest BCUT2D eigenvalue weighted by molar-refractivity contribution is 7.99. The molecular formula is C4H3NS. The van der Waals surface area contributed by atoms with Gasteiger partial charge in [-0.3, -0.25) is 0 Å². The Kier molecular flexibility index (Phi) is 1.22. The van der Waals surface area contributed by atoms with E-state index in [1.165, 1.54) is 11.9 Å². The second-order valence-corrected chi connectivity index (χ2v) is 1.44. The molecule has 0 aromatic heterocycles. The minimum atomic E-state index is 1.40. The topological polar surface area (TPSA) is 12.0 Å². The van der Waals surface area contributed by atoms with E-state index in [1.807, 2.05) is 0 Å². The van der Waals surface area contributed by atoms with E-state index in [0.29, 0.717) is 0 Å². The van der Waals surface area contributed by atoms with Crippen molar-refractivity contribution in [3.8, 4) is 0 Å². The summed E-state index contributed by atoms with van der Waals surface area (Å²) in [7, 11) is 0. The molecule has 0 saturated heterocycles. The van der Waals surface area contributed by atoms with Gasteiger partial charge < -0.3 is 4.72 Å². The van der Waals surface area contributed by atoms with Crippen molar-refractivity contribution in [3.63, 3.8) is 0 Å². The summed E-state index contributed by atoms with van der Waals surface area (Å²) in [5, 5.41) is 2.85. The van der Waals surface area contributed by atoms with Gasteiger partial charge in [0.05, 0.1) is 6.20 Å². The molecule has 1 aliphatic heterocycles. The zero-order valence-corrected chi connectivity index (χ0v) is 3.88. The van der Waals surface area contributed by atoms with Crippen LogP contribution in [0.2, 0.25) is 0 Å². The number of hydrogen-bond acceptors (Lipinski definition) is 2.